The van der Waals surface area contributed by atoms with E-state index in [0.29, 0.717) is 11.7 Å². The molecule has 1 aliphatic rings. The first-order valence-electron chi connectivity index (χ1n) is 6.66. The molecule has 1 aromatic heterocycles. The zero-order chi connectivity index (χ0) is 13.7. The van der Waals surface area contributed by atoms with E-state index in [9.17, 15) is 4.79 Å². The smallest absolute Gasteiger partial charge is 0.232 e. The number of carbonyl (C=O) groups is 1. The molecule has 1 aromatic rings. The largest absolute Gasteiger partial charge is 0.320 e. The summed E-state index contributed by atoms with van der Waals surface area (Å²) in [6, 6.07) is 0. The molecule has 19 heavy (non-hydrogen) atoms. The lowest BCUT2D eigenvalue weighted by Crippen LogP contribution is -2.33. The Morgan fingerprint density at radius 2 is 2.32 bits per heavy atom. The summed E-state index contributed by atoms with van der Waals surface area (Å²) in [6.45, 7) is 2.42. The second-order valence-corrected chi connectivity index (χ2v) is 5.86. The summed E-state index contributed by atoms with van der Waals surface area (Å²) in [4.78, 5) is 17.4. The predicted octanol–water partition coefficient (Wildman–Crippen LogP) is 2.36. The maximum absolute atomic E-state index is 12.4. The Kier molecular flexibility index (Phi) is 4.56. The van der Waals surface area contributed by atoms with Crippen LogP contribution in [-0.4, -0.2) is 17.4 Å². The number of carbonyl (C=O) groups excluding carboxylic acids is 1. The molecule has 0 unspecified atom stereocenters. The molecule has 0 saturated heterocycles. The van der Waals surface area contributed by atoms with Gasteiger partial charge in [-0.25, -0.2) is 4.98 Å². The van der Waals surface area contributed by atoms with Crippen LogP contribution in [0.5, 0.6) is 0 Å². The van der Waals surface area contributed by atoms with Crippen LogP contribution >= 0.6 is 11.3 Å². The first kappa shape index (κ1) is 14.0. The van der Waals surface area contributed by atoms with Crippen LogP contribution in [0.1, 0.15) is 43.9 Å². The number of thiazole rings is 1. The summed E-state index contributed by atoms with van der Waals surface area (Å²) < 4.78 is 0. The zero-order valence-corrected chi connectivity index (χ0v) is 12.0. The summed E-state index contributed by atoms with van der Waals surface area (Å²) in [6.07, 6.45) is 6.83. The Morgan fingerprint density at radius 3 is 2.95 bits per heavy atom. The Bertz CT molecular complexity index is 506. The van der Waals surface area contributed by atoms with Gasteiger partial charge in [-0.2, -0.15) is 0 Å². The van der Waals surface area contributed by atoms with E-state index < -0.39 is 0 Å². The minimum atomic E-state index is -0.186. The van der Waals surface area contributed by atoms with Crippen molar-refractivity contribution in [3.05, 3.63) is 11.1 Å². The van der Waals surface area contributed by atoms with Crippen LogP contribution in [0.15, 0.2) is 6.20 Å². The highest BCUT2D eigenvalue weighted by Crippen LogP contribution is 2.42. The van der Waals surface area contributed by atoms with Gasteiger partial charge in [-0.1, -0.05) is 42.9 Å². The lowest BCUT2D eigenvalue weighted by molar-refractivity contribution is -0.125. The maximum atomic E-state index is 12.4. The third-order valence-electron chi connectivity index (χ3n) is 3.76. The van der Waals surface area contributed by atoms with Crippen LogP contribution < -0.4 is 11.1 Å². The number of aromatic nitrogens is 1. The van der Waals surface area contributed by atoms with Gasteiger partial charge in [0.25, 0.3) is 0 Å². The molecule has 0 bridgehead atoms. The summed E-state index contributed by atoms with van der Waals surface area (Å²) in [5, 5.41) is 3.57. The molecule has 2 rings (SSSR count). The van der Waals surface area contributed by atoms with Crippen molar-refractivity contribution < 1.29 is 4.79 Å². The van der Waals surface area contributed by atoms with Crippen molar-refractivity contribution in [2.45, 2.75) is 39.0 Å². The third kappa shape index (κ3) is 3.14. The van der Waals surface area contributed by atoms with E-state index in [1.54, 1.807) is 6.20 Å². The number of anilines is 1. The van der Waals surface area contributed by atoms with Gasteiger partial charge in [0, 0.05) is 5.41 Å². The Morgan fingerprint density at radius 1 is 1.58 bits per heavy atom. The van der Waals surface area contributed by atoms with Gasteiger partial charge >= 0.3 is 0 Å². The topological polar surface area (TPSA) is 68.0 Å². The van der Waals surface area contributed by atoms with Crippen molar-refractivity contribution in [2.24, 2.45) is 11.1 Å². The first-order valence-corrected chi connectivity index (χ1v) is 7.48. The molecule has 0 spiro atoms. The monoisotopic (exact) mass is 277 g/mol. The second-order valence-electron chi connectivity index (χ2n) is 4.83. The number of hydrogen-bond acceptors (Lipinski definition) is 4. The number of nitrogens with zero attached hydrogens (tertiary/aromatic N) is 1. The lowest BCUT2D eigenvalue weighted by Gasteiger charge is -2.25. The van der Waals surface area contributed by atoms with Gasteiger partial charge in [0.1, 0.15) is 0 Å². The van der Waals surface area contributed by atoms with Crippen LogP contribution in [0.2, 0.25) is 0 Å². The molecule has 1 heterocycles. The number of nitrogens with two attached hydrogens (primary N) is 1. The highest BCUT2D eigenvalue weighted by Gasteiger charge is 2.39. The normalized spacial score (nSPS) is 16.7. The Balaban J connectivity index is 2.04. The Labute approximate surface area is 117 Å². The number of hydrogen-bond donors (Lipinski definition) is 2. The fourth-order valence-electron chi connectivity index (χ4n) is 2.55. The second kappa shape index (κ2) is 6.18. The predicted molar refractivity (Wildman–Crippen MR) is 77.9 cm³/mol. The number of amides is 1. The van der Waals surface area contributed by atoms with Crippen molar-refractivity contribution in [1.29, 1.82) is 0 Å². The van der Waals surface area contributed by atoms with E-state index in [-0.39, 0.29) is 11.3 Å². The highest BCUT2D eigenvalue weighted by atomic mass is 32.1. The number of nitrogens with one attached hydrogen (secondary N) is 1. The van der Waals surface area contributed by atoms with Crippen molar-refractivity contribution in [3.63, 3.8) is 0 Å². The van der Waals surface area contributed by atoms with Gasteiger partial charge in [-0.15, -0.1) is 0 Å². The minimum Gasteiger partial charge on any atom is -0.320 e. The van der Waals surface area contributed by atoms with Crippen molar-refractivity contribution in [2.75, 3.05) is 11.9 Å². The van der Waals surface area contributed by atoms with Gasteiger partial charge in [-0.05, 0) is 19.3 Å². The first-order chi connectivity index (χ1) is 9.20. The molecule has 1 saturated carbocycles. The average molecular weight is 277 g/mol. The van der Waals surface area contributed by atoms with Crippen LogP contribution in [0.4, 0.5) is 5.13 Å². The van der Waals surface area contributed by atoms with E-state index >= 15 is 0 Å². The van der Waals surface area contributed by atoms with E-state index in [1.165, 1.54) is 11.3 Å². The Hall–Kier alpha value is -1.38. The molecule has 1 amide bonds. The molecular weight excluding hydrogens is 258 g/mol. The molecule has 0 radical (unpaired) electrons. The fourth-order valence-corrected chi connectivity index (χ4v) is 3.24. The fraction of sp³-hybridized carbons (Fsp3) is 0.571. The summed E-state index contributed by atoms with van der Waals surface area (Å²) in [5.74, 6) is 5.81. The van der Waals surface area contributed by atoms with E-state index in [4.69, 9.17) is 5.73 Å². The average Bonchev–Trinajstić information content (AvgIpc) is 3.06. The molecule has 102 valence electrons. The van der Waals surface area contributed by atoms with Crippen molar-refractivity contribution in [1.82, 2.24) is 4.98 Å². The standard InChI is InChI=1S/C14H19N3OS/c1-2-14(7-3-4-8-14)12(18)17-13-16-10-11(19-13)6-5-9-15/h10H,2-4,7-9,15H2,1H3,(H,16,17,18). The molecule has 1 aliphatic carbocycles. The summed E-state index contributed by atoms with van der Waals surface area (Å²) in [5.41, 5.74) is 5.14. The molecule has 3 N–H and O–H groups in total. The molecule has 1 fully saturated rings. The van der Waals surface area contributed by atoms with Gasteiger partial charge < -0.3 is 11.1 Å². The summed E-state index contributed by atoms with van der Waals surface area (Å²) in [7, 11) is 0. The minimum absolute atomic E-state index is 0.111. The summed E-state index contributed by atoms with van der Waals surface area (Å²) >= 11 is 1.40. The quantitative estimate of drug-likeness (QED) is 0.833. The molecule has 0 aromatic carbocycles. The molecule has 5 heteroatoms. The molecule has 0 atom stereocenters. The van der Waals surface area contributed by atoms with Gasteiger partial charge in [0.05, 0.1) is 17.6 Å². The lowest BCUT2D eigenvalue weighted by atomic mass is 9.82. The van der Waals surface area contributed by atoms with E-state index in [2.05, 4.69) is 29.1 Å². The van der Waals surface area contributed by atoms with E-state index in [0.717, 1.165) is 37.0 Å². The number of rotatable bonds is 3. The molecular formula is C14H19N3OS. The zero-order valence-electron chi connectivity index (χ0n) is 11.2. The van der Waals surface area contributed by atoms with Gasteiger partial charge in [0.15, 0.2) is 5.13 Å². The van der Waals surface area contributed by atoms with Gasteiger partial charge in [0.2, 0.25) is 5.91 Å². The van der Waals surface area contributed by atoms with Gasteiger partial charge in [-0.3, -0.25) is 4.79 Å². The highest BCUT2D eigenvalue weighted by molar-refractivity contribution is 7.16. The van der Waals surface area contributed by atoms with Crippen LogP contribution in [0.3, 0.4) is 0 Å². The van der Waals surface area contributed by atoms with Crippen molar-refractivity contribution in [3.8, 4) is 11.8 Å². The van der Waals surface area contributed by atoms with Crippen LogP contribution in [-0.2, 0) is 4.79 Å². The molecule has 4 nitrogen and oxygen atoms in total. The van der Waals surface area contributed by atoms with Crippen molar-refractivity contribution >= 4 is 22.4 Å². The van der Waals surface area contributed by atoms with E-state index in [1.807, 2.05) is 0 Å². The van der Waals surface area contributed by atoms with Crippen LogP contribution in [0.25, 0.3) is 0 Å². The van der Waals surface area contributed by atoms with Crippen LogP contribution in [0, 0.1) is 17.3 Å². The third-order valence-corrected chi connectivity index (χ3v) is 4.59. The molecule has 0 aliphatic heterocycles. The SMILES string of the molecule is CCC1(C(=O)Nc2ncc(C#CCN)s2)CCCC1. The maximum Gasteiger partial charge on any atom is 0.232 e.